The third-order valence-electron chi connectivity index (χ3n) is 4.28. The number of aromatic nitrogens is 7. The van der Waals surface area contributed by atoms with Crippen LogP contribution in [0.25, 0.3) is 28.4 Å². The zero-order chi connectivity index (χ0) is 19.7. The summed E-state index contributed by atoms with van der Waals surface area (Å²) in [5.74, 6) is 1.15. The Kier molecular flexibility index (Phi) is 5.32. The predicted octanol–water partition coefficient (Wildman–Crippen LogP) is 4.56. The fraction of sp³-hybridized carbons (Fsp3) is 0.368. The number of fused-ring (bicyclic) bond motifs is 1. The number of rotatable bonds is 3. The van der Waals surface area contributed by atoms with E-state index in [9.17, 15) is 0 Å². The van der Waals surface area contributed by atoms with Crippen LogP contribution in [-0.4, -0.2) is 33.9 Å². The van der Waals surface area contributed by atoms with Gasteiger partial charge < -0.3 is 4.57 Å². The van der Waals surface area contributed by atoms with Crippen LogP contribution in [-0.2, 0) is 7.05 Å². The van der Waals surface area contributed by atoms with Crippen LogP contribution in [0.4, 0.5) is 0 Å². The van der Waals surface area contributed by atoms with E-state index < -0.39 is 0 Å². The van der Waals surface area contributed by atoms with Crippen LogP contribution in [0.1, 0.15) is 39.3 Å². The van der Waals surface area contributed by atoms with Crippen LogP contribution in [0.3, 0.4) is 0 Å². The van der Waals surface area contributed by atoms with Gasteiger partial charge in [0.15, 0.2) is 11.0 Å². The lowest BCUT2D eigenvalue weighted by Crippen LogP contribution is -2.02. The normalized spacial score (nSPS) is 11.1. The van der Waals surface area contributed by atoms with Crippen molar-refractivity contribution in [2.45, 2.75) is 40.7 Å². The van der Waals surface area contributed by atoms with Crippen molar-refractivity contribution in [3.63, 3.8) is 0 Å². The van der Waals surface area contributed by atoms with Gasteiger partial charge in [-0.05, 0) is 32.4 Å². The van der Waals surface area contributed by atoms with E-state index in [0.29, 0.717) is 22.8 Å². The van der Waals surface area contributed by atoms with E-state index in [1.54, 1.807) is 10.7 Å². The van der Waals surface area contributed by atoms with Crippen molar-refractivity contribution < 1.29 is 0 Å². The highest BCUT2D eigenvalue weighted by Gasteiger charge is 2.18. The average Bonchev–Trinajstić information content (AvgIpc) is 3.35. The first-order valence-corrected chi connectivity index (χ1v) is 9.42. The van der Waals surface area contributed by atoms with Gasteiger partial charge in [-0.2, -0.15) is 5.10 Å². The molecule has 0 amide bonds. The lowest BCUT2D eigenvalue weighted by molar-refractivity contribution is 0.534. The second kappa shape index (κ2) is 7.52. The van der Waals surface area contributed by atoms with Gasteiger partial charge in [-0.15, -0.1) is 5.10 Å². The molecule has 0 aliphatic rings. The molecule has 0 spiro atoms. The Labute approximate surface area is 163 Å². The van der Waals surface area contributed by atoms with E-state index >= 15 is 0 Å². The van der Waals surface area contributed by atoms with Crippen molar-refractivity contribution in [3.8, 4) is 22.9 Å². The molecule has 7 nitrogen and oxygen atoms in total. The summed E-state index contributed by atoms with van der Waals surface area (Å²) < 4.78 is 5.56. The molecule has 4 rings (SSSR count). The van der Waals surface area contributed by atoms with Gasteiger partial charge in [-0.25, -0.2) is 14.5 Å². The molecule has 27 heavy (non-hydrogen) atoms. The highest BCUT2D eigenvalue weighted by Crippen LogP contribution is 2.31. The summed E-state index contributed by atoms with van der Waals surface area (Å²) in [5, 5.41) is 9.64. The quantitative estimate of drug-likeness (QED) is 0.518. The topological polar surface area (TPSA) is 65.8 Å². The van der Waals surface area contributed by atoms with Crippen molar-refractivity contribution in [3.05, 3.63) is 41.6 Å². The Balaban J connectivity index is 0.00000102. The van der Waals surface area contributed by atoms with Crippen LogP contribution >= 0.6 is 11.6 Å². The standard InChI is InChI=1S/C17H18ClN7.C2H6/c1-10(2)24-7-5-13(21-24)12-9-25-14(11(12)3)15(18)20-16(22-25)17-19-6-8-23(17)4;1-2/h5-10H,1-4H3;1-2H3. The van der Waals surface area contributed by atoms with Gasteiger partial charge >= 0.3 is 0 Å². The molecule has 0 radical (unpaired) electrons. The van der Waals surface area contributed by atoms with E-state index in [-0.39, 0.29) is 0 Å². The minimum atomic E-state index is 0.310. The van der Waals surface area contributed by atoms with Crippen molar-refractivity contribution in [2.75, 3.05) is 0 Å². The number of aryl methyl sites for hydroxylation is 2. The predicted molar refractivity (Wildman–Crippen MR) is 108 cm³/mol. The average molecular weight is 386 g/mol. The first-order valence-electron chi connectivity index (χ1n) is 9.04. The minimum absolute atomic E-state index is 0.310. The Morgan fingerprint density at radius 3 is 2.44 bits per heavy atom. The maximum atomic E-state index is 6.46. The summed E-state index contributed by atoms with van der Waals surface area (Å²) in [5.41, 5.74) is 3.68. The Morgan fingerprint density at radius 2 is 1.85 bits per heavy atom. The van der Waals surface area contributed by atoms with Gasteiger partial charge in [0.25, 0.3) is 0 Å². The lowest BCUT2D eigenvalue weighted by atomic mass is 10.1. The molecule has 0 aliphatic carbocycles. The smallest absolute Gasteiger partial charge is 0.217 e. The largest absolute Gasteiger partial charge is 0.331 e. The Bertz CT molecular complexity index is 1070. The molecule has 0 bridgehead atoms. The summed E-state index contributed by atoms with van der Waals surface area (Å²) in [6, 6.07) is 2.31. The number of halogens is 1. The molecule has 0 aromatic carbocycles. The van der Waals surface area contributed by atoms with Crippen molar-refractivity contribution in [1.29, 1.82) is 0 Å². The fourth-order valence-corrected chi connectivity index (χ4v) is 3.19. The van der Waals surface area contributed by atoms with Crippen LogP contribution in [0.5, 0.6) is 0 Å². The molecule has 142 valence electrons. The highest BCUT2D eigenvalue weighted by atomic mass is 35.5. The molecular formula is C19H24ClN7. The van der Waals surface area contributed by atoms with Gasteiger partial charge in [-0.3, -0.25) is 4.68 Å². The van der Waals surface area contributed by atoms with Crippen LogP contribution in [0.2, 0.25) is 5.15 Å². The molecule has 4 aromatic heterocycles. The summed E-state index contributed by atoms with van der Waals surface area (Å²) >= 11 is 6.46. The van der Waals surface area contributed by atoms with E-state index in [2.05, 4.69) is 34.0 Å². The molecule has 0 saturated heterocycles. The summed E-state index contributed by atoms with van der Waals surface area (Å²) in [4.78, 5) is 8.72. The molecule has 0 N–H and O–H groups in total. The van der Waals surface area contributed by atoms with Crippen LogP contribution in [0, 0.1) is 6.92 Å². The maximum Gasteiger partial charge on any atom is 0.217 e. The zero-order valence-corrected chi connectivity index (χ0v) is 17.2. The molecular weight excluding hydrogens is 362 g/mol. The van der Waals surface area contributed by atoms with Crippen LogP contribution < -0.4 is 0 Å². The molecule has 0 fully saturated rings. The fourth-order valence-electron chi connectivity index (χ4n) is 2.88. The monoisotopic (exact) mass is 385 g/mol. The molecule has 4 heterocycles. The molecule has 0 unspecified atom stereocenters. The van der Waals surface area contributed by atoms with Gasteiger partial charge in [-0.1, -0.05) is 25.4 Å². The second-order valence-corrected chi connectivity index (χ2v) is 6.68. The molecule has 0 aliphatic heterocycles. The Morgan fingerprint density at radius 1 is 1.11 bits per heavy atom. The maximum absolute atomic E-state index is 6.46. The summed E-state index contributed by atoms with van der Waals surface area (Å²) in [6.07, 6.45) is 7.48. The number of hydrogen-bond donors (Lipinski definition) is 0. The SMILES string of the molecule is CC.Cc1c(-c2ccn(C(C)C)n2)cn2nc(-c3nccn3C)nc(Cl)c12. The second-order valence-electron chi connectivity index (χ2n) is 6.32. The highest BCUT2D eigenvalue weighted by molar-refractivity contribution is 6.33. The van der Waals surface area contributed by atoms with Crippen molar-refractivity contribution >= 4 is 17.1 Å². The number of hydrogen-bond acceptors (Lipinski definition) is 4. The van der Waals surface area contributed by atoms with E-state index in [4.69, 9.17) is 11.6 Å². The van der Waals surface area contributed by atoms with Crippen LogP contribution in [0.15, 0.2) is 30.9 Å². The molecule has 0 atom stereocenters. The van der Waals surface area contributed by atoms with Gasteiger partial charge in [0.1, 0.15) is 5.52 Å². The first kappa shape index (κ1) is 19.1. The van der Waals surface area contributed by atoms with E-state index in [1.165, 1.54) is 0 Å². The molecule has 0 saturated carbocycles. The third-order valence-corrected chi connectivity index (χ3v) is 4.54. The molecule has 4 aromatic rings. The molecule has 8 heteroatoms. The van der Waals surface area contributed by atoms with E-state index in [1.807, 2.05) is 61.7 Å². The summed E-state index contributed by atoms with van der Waals surface area (Å²) in [6.45, 7) is 10.2. The van der Waals surface area contributed by atoms with Gasteiger partial charge in [0.05, 0.1) is 5.69 Å². The third kappa shape index (κ3) is 3.35. The Hall–Kier alpha value is -2.67. The van der Waals surface area contributed by atoms with Gasteiger partial charge in [0.2, 0.25) is 5.82 Å². The van der Waals surface area contributed by atoms with E-state index in [0.717, 1.165) is 22.3 Å². The lowest BCUT2D eigenvalue weighted by Gasteiger charge is -2.04. The number of imidazole rings is 1. The minimum Gasteiger partial charge on any atom is -0.331 e. The van der Waals surface area contributed by atoms with Crippen molar-refractivity contribution in [2.24, 2.45) is 7.05 Å². The van der Waals surface area contributed by atoms with Crippen molar-refractivity contribution in [1.82, 2.24) is 33.9 Å². The zero-order valence-electron chi connectivity index (χ0n) is 16.5. The van der Waals surface area contributed by atoms with Gasteiger partial charge in [0, 0.05) is 43.4 Å². The summed E-state index contributed by atoms with van der Waals surface area (Å²) in [7, 11) is 1.90. The first-order chi connectivity index (χ1) is 13.0. The number of nitrogens with zero attached hydrogens (tertiary/aromatic N) is 7.